The highest BCUT2D eigenvalue weighted by Gasteiger charge is 2.22. The second-order valence-corrected chi connectivity index (χ2v) is 6.57. The van der Waals surface area contributed by atoms with Crippen molar-refractivity contribution in [2.24, 2.45) is 0 Å². The maximum Gasteiger partial charge on any atom is 0.270 e. The number of pyridine rings is 1. The predicted molar refractivity (Wildman–Crippen MR) is 97.3 cm³/mol. The Hall–Kier alpha value is -2.93. The van der Waals surface area contributed by atoms with Crippen molar-refractivity contribution >= 4 is 16.9 Å². The molecule has 1 aliphatic heterocycles. The Morgan fingerprint density at radius 2 is 1.73 bits per heavy atom. The molecule has 0 saturated carbocycles. The van der Waals surface area contributed by atoms with Gasteiger partial charge >= 0.3 is 0 Å². The zero-order chi connectivity index (χ0) is 18.3. The lowest BCUT2D eigenvalue weighted by Crippen LogP contribution is -2.47. The van der Waals surface area contributed by atoms with Crippen LogP contribution in [0, 0.1) is 5.82 Å². The summed E-state index contributed by atoms with van der Waals surface area (Å²) in [5.41, 5.74) is 1.28. The van der Waals surface area contributed by atoms with Gasteiger partial charge in [-0.1, -0.05) is 0 Å². The predicted octanol–water partition coefficient (Wildman–Crippen LogP) is 1.85. The van der Waals surface area contributed by atoms with E-state index < -0.39 is 0 Å². The van der Waals surface area contributed by atoms with Gasteiger partial charge in [-0.05, 0) is 43.4 Å². The SMILES string of the molecule is CN1CCN(C(=O)c2cc3ccc(=O)n(-c4ccc(F)cc4)c3[nH]2)CC1. The van der Waals surface area contributed by atoms with Crippen LogP contribution in [0.3, 0.4) is 0 Å². The normalized spacial score (nSPS) is 15.5. The molecule has 1 fully saturated rings. The molecular formula is C19H19FN4O2. The second kappa shape index (κ2) is 6.42. The number of carbonyl (C=O) groups is 1. The molecule has 0 radical (unpaired) electrons. The fourth-order valence-corrected chi connectivity index (χ4v) is 3.26. The summed E-state index contributed by atoms with van der Waals surface area (Å²) in [4.78, 5) is 32.3. The first-order chi connectivity index (χ1) is 12.5. The minimum Gasteiger partial charge on any atom is -0.336 e. The van der Waals surface area contributed by atoms with Crippen LogP contribution in [0.5, 0.6) is 0 Å². The number of nitrogens with one attached hydrogen (secondary N) is 1. The summed E-state index contributed by atoms with van der Waals surface area (Å²) < 4.78 is 14.7. The van der Waals surface area contributed by atoms with Crippen LogP contribution in [0.1, 0.15) is 10.5 Å². The highest BCUT2D eigenvalue weighted by molar-refractivity contribution is 5.97. The van der Waals surface area contributed by atoms with E-state index in [9.17, 15) is 14.0 Å². The molecule has 7 heteroatoms. The molecule has 1 aromatic carbocycles. The molecule has 3 aromatic rings. The number of carbonyl (C=O) groups excluding carboxylic acids is 1. The Bertz CT molecular complexity index is 1010. The Balaban J connectivity index is 1.76. The lowest BCUT2D eigenvalue weighted by molar-refractivity contribution is 0.0659. The number of amides is 1. The molecular weight excluding hydrogens is 335 g/mol. The summed E-state index contributed by atoms with van der Waals surface area (Å²) in [5, 5.41) is 0.756. The Kier molecular flexibility index (Phi) is 4.08. The Morgan fingerprint density at radius 3 is 2.42 bits per heavy atom. The van der Waals surface area contributed by atoms with E-state index in [-0.39, 0.29) is 17.3 Å². The fraction of sp³-hybridized carbons (Fsp3) is 0.263. The number of H-pyrrole nitrogens is 1. The summed E-state index contributed by atoms with van der Waals surface area (Å²) in [6.45, 7) is 3.03. The van der Waals surface area contributed by atoms with Crippen LogP contribution < -0.4 is 5.56 Å². The first-order valence-corrected chi connectivity index (χ1v) is 8.51. The third-order valence-corrected chi connectivity index (χ3v) is 4.78. The molecule has 0 aliphatic carbocycles. The summed E-state index contributed by atoms with van der Waals surface area (Å²) in [7, 11) is 2.03. The van der Waals surface area contributed by atoms with Crippen LogP contribution in [0.2, 0.25) is 0 Å². The second-order valence-electron chi connectivity index (χ2n) is 6.57. The third-order valence-electron chi connectivity index (χ3n) is 4.78. The van der Waals surface area contributed by atoms with Crippen LogP contribution in [-0.4, -0.2) is 58.5 Å². The van der Waals surface area contributed by atoms with Gasteiger partial charge in [-0.3, -0.25) is 14.2 Å². The van der Waals surface area contributed by atoms with Crippen molar-refractivity contribution in [3.63, 3.8) is 0 Å². The molecule has 6 nitrogen and oxygen atoms in total. The molecule has 134 valence electrons. The largest absolute Gasteiger partial charge is 0.336 e. The van der Waals surface area contributed by atoms with Gasteiger partial charge < -0.3 is 14.8 Å². The monoisotopic (exact) mass is 354 g/mol. The van der Waals surface area contributed by atoms with E-state index >= 15 is 0 Å². The van der Waals surface area contributed by atoms with E-state index in [4.69, 9.17) is 0 Å². The molecule has 0 spiro atoms. The van der Waals surface area contributed by atoms with Crippen molar-refractivity contribution in [1.82, 2.24) is 19.4 Å². The molecule has 1 saturated heterocycles. The van der Waals surface area contributed by atoms with Gasteiger partial charge in [0, 0.05) is 37.6 Å². The number of benzene rings is 1. The molecule has 2 aromatic heterocycles. The van der Waals surface area contributed by atoms with Gasteiger partial charge in [0.05, 0.1) is 5.69 Å². The molecule has 0 atom stereocenters. The van der Waals surface area contributed by atoms with E-state index in [1.165, 1.54) is 22.8 Å². The maximum absolute atomic E-state index is 13.2. The van der Waals surface area contributed by atoms with Gasteiger partial charge in [-0.15, -0.1) is 0 Å². The standard InChI is InChI=1S/C19H19FN4O2/c1-22-8-10-23(11-9-22)19(26)16-12-13-2-7-17(25)24(18(13)21-16)15-5-3-14(20)4-6-15/h2-7,12,21H,8-11H2,1H3. The zero-order valence-corrected chi connectivity index (χ0v) is 14.4. The highest BCUT2D eigenvalue weighted by atomic mass is 19.1. The van der Waals surface area contributed by atoms with Crippen LogP contribution in [0.4, 0.5) is 4.39 Å². The van der Waals surface area contributed by atoms with Crippen molar-refractivity contribution in [2.45, 2.75) is 0 Å². The minimum atomic E-state index is -0.369. The Labute approximate surface area is 149 Å². The number of likely N-dealkylation sites (N-methyl/N-ethyl adjacent to an activating group) is 1. The molecule has 26 heavy (non-hydrogen) atoms. The molecule has 1 amide bonds. The lowest BCUT2D eigenvalue weighted by atomic mass is 10.2. The van der Waals surface area contributed by atoms with Crippen LogP contribution in [0.25, 0.3) is 16.7 Å². The van der Waals surface area contributed by atoms with Gasteiger partial charge in [-0.2, -0.15) is 0 Å². The van der Waals surface area contributed by atoms with Gasteiger partial charge in [0.15, 0.2) is 0 Å². The number of aromatic amines is 1. The third kappa shape index (κ3) is 2.90. The number of fused-ring (bicyclic) bond motifs is 1. The van der Waals surface area contributed by atoms with Gasteiger partial charge in [-0.25, -0.2) is 4.39 Å². The summed E-state index contributed by atoms with van der Waals surface area (Å²) >= 11 is 0. The van der Waals surface area contributed by atoms with E-state index in [1.807, 2.05) is 11.9 Å². The molecule has 0 unspecified atom stereocenters. The average Bonchev–Trinajstić information content (AvgIpc) is 3.07. The minimum absolute atomic E-state index is 0.0765. The lowest BCUT2D eigenvalue weighted by Gasteiger charge is -2.32. The van der Waals surface area contributed by atoms with E-state index in [0.29, 0.717) is 30.1 Å². The zero-order valence-electron chi connectivity index (χ0n) is 14.4. The van der Waals surface area contributed by atoms with E-state index in [0.717, 1.165) is 18.5 Å². The quantitative estimate of drug-likeness (QED) is 0.764. The van der Waals surface area contributed by atoms with Crippen molar-refractivity contribution in [1.29, 1.82) is 0 Å². The van der Waals surface area contributed by atoms with E-state index in [2.05, 4.69) is 9.88 Å². The maximum atomic E-state index is 13.2. The molecule has 0 bridgehead atoms. The molecule has 1 N–H and O–H groups in total. The van der Waals surface area contributed by atoms with Gasteiger partial charge in [0.2, 0.25) is 0 Å². The summed E-state index contributed by atoms with van der Waals surface area (Å²) in [6, 6.07) is 10.6. The molecule has 1 aliphatic rings. The highest BCUT2D eigenvalue weighted by Crippen LogP contribution is 2.19. The number of piperazine rings is 1. The van der Waals surface area contributed by atoms with Crippen LogP contribution in [0.15, 0.2) is 47.3 Å². The number of hydrogen-bond donors (Lipinski definition) is 1. The van der Waals surface area contributed by atoms with Gasteiger partial charge in [0.1, 0.15) is 17.2 Å². The van der Waals surface area contributed by atoms with Crippen LogP contribution in [-0.2, 0) is 0 Å². The first kappa shape index (κ1) is 16.5. The number of halogens is 1. The Morgan fingerprint density at radius 1 is 1.04 bits per heavy atom. The first-order valence-electron chi connectivity index (χ1n) is 8.51. The van der Waals surface area contributed by atoms with Crippen molar-refractivity contribution in [3.05, 3.63) is 64.3 Å². The molecule has 4 rings (SSSR count). The summed E-state index contributed by atoms with van der Waals surface area (Å²) in [6.07, 6.45) is 0. The van der Waals surface area contributed by atoms with E-state index in [1.54, 1.807) is 24.3 Å². The van der Waals surface area contributed by atoms with Crippen molar-refractivity contribution < 1.29 is 9.18 Å². The van der Waals surface area contributed by atoms with Gasteiger partial charge in [0.25, 0.3) is 11.5 Å². The summed E-state index contributed by atoms with van der Waals surface area (Å²) in [5.74, 6) is -0.446. The smallest absolute Gasteiger partial charge is 0.270 e. The fourth-order valence-electron chi connectivity index (χ4n) is 3.26. The van der Waals surface area contributed by atoms with Crippen LogP contribution >= 0.6 is 0 Å². The number of rotatable bonds is 2. The number of aromatic nitrogens is 2. The molecule has 3 heterocycles. The average molecular weight is 354 g/mol. The number of nitrogens with zero attached hydrogens (tertiary/aromatic N) is 3. The van der Waals surface area contributed by atoms with Crippen molar-refractivity contribution in [2.75, 3.05) is 33.2 Å². The van der Waals surface area contributed by atoms with Crippen molar-refractivity contribution in [3.8, 4) is 5.69 Å². The topological polar surface area (TPSA) is 61.3 Å². The number of hydrogen-bond acceptors (Lipinski definition) is 3.